The lowest BCUT2D eigenvalue weighted by molar-refractivity contribution is 0.629. The van der Waals surface area contributed by atoms with Crippen molar-refractivity contribution in [2.75, 3.05) is 12.4 Å². The molecule has 0 spiro atoms. The number of rotatable bonds is 3. The maximum Gasteiger partial charge on any atom is 0.125 e. The summed E-state index contributed by atoms with van der Waals surface area (Å²) in [6.45, 7) is 2.09. The highest BCUT2D eigenvalue weighted by Gasteiger charge is 2.09. The lowest BCUT2D eigenvalue weighted by Gasteiger charge is -2.10. The molecule has 0 aliphatic carbocycles. The molecule has 0 saturated carbocycles. The molecular formula is C13H14ClFN2. The zero-order valence-electron chi connectivity index (χ0n) is 9.85. The van der Waals surface area contributed by atoms with Crippen LogP contribution in [0.2, 0.25) is 5.02 Å². The molecule has 0 bridgehead atoms. The lowest BCUT2D eigenvalue weighted by atomic mass is 10.1. The third kappa shape index (κ3) is 2.34. The number of nitrogens with zero attached hydrogens (tertiary/aromatic N) is 1. The van der Waals surface area contributed by atoms with E-state index in [0.717, 1.165) is 29.6 Å². The van der Waals surface area contributed by atoms with Gasteiger partial charge in [-0.15, -0.1) is 0 Å². The molecule has 0 aliphatic rings. The Balaban J connectivity index is 2.73. The van der Waals surface area contributed by atoms with Gasteiger partial charge in [0.2, 0.25) is 0 Å². The van der Waals surface area contributed by atoms with E-state index in [1.54, 1.807) is 0 Å². The number of pyridine rings is 1. The Bertz CT molecular complexity index is 555. The first-order valence-corrected chi connectivity index (χ1v) is 6.00. The highest BCUT2D eigenvalue weighted by Crippen LogP contribution is 2.29. The van der Waals surface area contributed by atoms with Crippen LogP contribution >= 0.6 is 11.6 Å². The summed E-state index contributed by atoms with van der Waals surface area (Å²) in [6, 6.07) is 4.70. The van der Waals surface area contributed by atoms with E-state index in [1.165, 1.54) is 12.1 Å². The first-order valence-electron chi connectivity index (χ1n) is 5.62. The quantitative estimate of drug-likeness (QED) is 0.892. The summed E-state index contributed by atoms with van der Waals surface area (Å²) in [5.41, 5.74) is 2.49. The Morgan fingerprint density at radius 3 is 2.76 bits per heavy atom. The van der Waals surface area contributed by atoms with E-state index in [-0.39, 0.29) is 5.82 Å². The summed E-state index contributed by atoms with van der Waals surface area (Å²) in [7, 11) is 1.81. The van der Waals surface area contributed by atoms with Crippen LogP contribution in [0.15, 0.2) is 18.2 Å². The highest BCUT2D eigenvalue weighted by atomic mass is 35.5. The van der Waals surface area contributed by atoms with Gasteiger partial charge in [-0.3, -0.25) is 4.98 Å². The van der Waals surface area contributed by atoms with Gasteiger partial charge in [0.15, 0.2) is 0 Å². The minimum Gasteiger partial charge on any atom is -0.388 e. The summed E-state index contributed by atoms with van der Waals surface area (Å²) in [5.74, 6) is -0.343. The van der Waals surface area contributed by atoms with E-state index in [1.807, 2.05) is 13.1 Å². The molecule has 1 heterocycles. The second-order valence-corrected chi connectivity index (χ2v) is 4.35. The first-order chi connectivity index (χ1) is 8.15. The van der Waals surface area contributed by atoms with Crippen LogP contribution in [-0.4, -0.2) is 12.0 Å². The zero-order chi connectivity index (χ0) is 12.4. The van der Waals surface area contributed by atoms with Crippen molar-refractivity contribution in [1.29, 1.82) is 0 Å². The van der Waals surface area contributed by atoms with Gasteiger partial charge >= 0.3 is 0 Å². The number of halogens is 2. The first kappa shape index (κ1) is 12.1. The van der Waals surface area contributed by atoms with Gasteiger partial charge in [0.1, 0.15) is 5.82 Å². The predicted octanol–water partition coefficient (Wildman–Crippen LogP) is 4.02. The van der Waals surface area contributed by atoms with Crippen LogP contribution in [0.3, 0.4) is 0 Å². The predicted molar refractivity (Wildman–Crippen MR) is 70.3 cm³/mol. The molecule has 2 rings (SSSR count). The monoisotopic (exact) mass is 252 g/mol. The van der Waals surface area contributed by atoms with E-state index in [0.29, 0.717) is 10.5 Å². The maximum atomic E-state index is 13.3. The van der Waals surface area contributed by atoms with Crippen molar-refractivity contribution in [1.82, 2.24) is 4.98 Å². The number of nitrogens with one attached hydrogen (secondary N) is 1. The van der Waals surface area contributed by atoms with Crippen LogP contribution in [0.4, 0.5) is 10.1 Å². The molecule has 0 fully saturated rings. The summed E-state index contributed by atoms with van der Waals surface area (Å²) < 4.78 is 13.3. The molecule has 4 heteroatoms. The van der Waals surface area contributed by atoms with Gasteiger partial charge in [-0.2, -0.15) is 0 Å². The minimum atomic E-state index is -0.343. The van der Waals surface area contributed by atoms with Crippen LogP contribution in [0.25, 0.3) is 10.9 Å². The molecular weight excluding hydrogens is 239 g/mol. The van der Waals surface area contributed by atoms with Crippen LogP contribution in [0.5, 0.6) is 0 Å². The van der Waals surface area contributed by atoms with Crippen molar-refractivity contribution in [3.63, 3.8) is 0 Å². The molecule has 1 aromatic carbocycles. The van der Waals surface area contributed by atoms with Crippen molar-refractivity contribution < 1.29 is 4.39 Å². The van der Waals surface area contributed by atoms with Gasteiger partial charge in [-0.05, 0) is 24.6 Å². The molecule has 0 atom stereocenters. The number of aryl methyl sites for hydroxylation is 1. The molecule has 2 nitrogen and oxygen atoms in total. The number of hydrogen-bond acceptors (Lipinski definition) is 2. The number of aromatic nitrogens is 1. The molecule has 0 unspecified atom stereocenters. The van der Waals surface area contributed by atoms with Gasteiger partial charge in [0.05, 0.1) is 10.5 Å². The minimum absolute atomic E-state index is 0.343. The second-order valence-electron chi connectivity index (χ2n) is 3.94. The van der Waals surface area contributed by atoms with Crippen molar-refractivity contribution in [3.8, 4) is 0 Å². The summed E-state index contributed by atoms with van der Waals surface area (Å²) in [5, 5.41) is 4.13. The van der Waals surface area contributed by atoms with Gasteiger partial charge < -0.3 is 5.32 Å². The Kier molecular flexibility index (Phi) is 3.48. The molecule has 0 aliphatic heterocycles. The Morgan fingerprint density at radius 2 is 2.12 bits per heavy atom. The summed E-state index contributed by atoms with van der Waals surface area (Å²) >= 11 is 6.03. The SMILES string of the molecule is CCCc1cc(NC)c2cc(F)cc(Cl)c2n1. The van der Waals surface area contributed by atoms with E-state index in [2.05, 4.69) is 17.2 Å². The van der Waals surface area contributed by atoms with Crippen LogP contribution < -0.4 is 5.32 Å². The van der Waals surface area contributed by atoms with Crippen molar-refractivity contribution in [3.05, 3.63) is 34.7 Å². The standard InChI is InChI=1S/C13H14ClFN2/c1-3-4-9-7-12(16-2)10-5-8(15)6-11(14)13(10)17-9/h5-7H,3-4H2,1-2H3,(H,16,17). The molecule has 0 radical (unpaired) electrons. The summed E-state index contributed by atoms with van der Waals surface area (Å²) in [4.78, 5) is 4.48. The van der Waals surface area contributed by atoms with Crippen molar-refractivity contribution >= 4 is 28.2 Å². The molecule has 90 valence electrons. The third-order valence-corrected chi connectivity index (χ3v) is 2.95. The Hall–Kier alpha value is -1.35. The van der Waals surface area contributed by atoms with Gasteiger partial charge in [-0.25, -0.2) is 4.39 Å². The molecule has 1 N–H and O–H groups in total. The Labute approximate surface area is 105 Å². The average molecular weight is 253 g/mol. The molecule has 17 heavy (non-hydrogen) atoms. The van der Waals surface area contributed by atoms with E-state index in [9.17, 15) is 4.39 Å². The fourth-order valence-corrected chi connectivity index (χ4v) is 2.14. The maximum absolute atomic E-state index is 13.3. The van der Waals surface area contributed by atoms with Crippen molar-refractivity contribution in [2.45, 2.75) is 19.8 Å². The molecule has 0 amide bonds. The van der Waals surface area contributed by atoms with Crippen molar-refractivity contribution in [2.24, 2.45) is 0 Å². The van der Waals surface area contributed by atoms with E-state index in [4.69, 9.17) is 11.6 Å². The summed E-state index contributed by atoms with van der Waals surface area (Å²) in [6.07, 6.45) is 1.90. The van der Waals surface area contributed by atoms with Crippen LogP contribution in [0.1, 0.15) is 19.0 Å². The largest absolute Gasteiger partial charge is 0.388 e. The normalized spacial score (nSPS) is 10.8. The number of hydrogen-bond donors (Lipinski definition) is 1. The van der Waals surface area contributed by atoms with E-state index >= 15 is 0 Å². The topological polar surface area (TPSA) is 24.9 Å². The number of anilines is 1. The fraction of sp³-hybridized carbons (Fsp3) is 0.308. The molecule has 0 saturated heterocycles. The molecule has 1 aromatic heterocycles. The Morgan fingerprint density at radius 1 is 1.35 bits per heavy atom. The van der Waals surface area contributed by atoms with Gasteiger partial charge in [0.25, 0.3) is 0 Å². The van der Waals surface area contributed by atoms with E-state index < -0.39 is 0 Å². The smallest absolute Gasteiger partial charge is 0.125 e. The fourth-order valence-electron chi connectivity index (χ4n) is 1.90. The zero-order valence-corrected chi connectivity index (χ0v) is 10.6. The number of benzene rings is 1. The highest BCUT2D eigenvalue weighted by molar-refractivity contribution is 6.35. The van der Waals surface area contributed by atoms with Crippen LogP contribution in [0, 0.1) is 5.82 Å². The number of fused-ring (bicyclic) bond motifs is 1. The lowest BCUT2D eigenvalue weighted by Crippen LogP contribution is -1.97. The van der Waals surface area contributed by atoms with Gasteiger partial charge in [0, 0.05) is 23.8 Å². The van der Waals surface area contributed by atoms with Crippen LogP contribution in [-0.2, 0) is 6.42 Å². The van der Waals surface area contributed by atoms with Gasteiger partial charge in [-0.1, -0.05) is 24.9 Å². The third-order valence-electron chi connectivity index (χ3n) is 2.66. The average Bonchev–Trinajstić information content (AvgIpc) is 2.29. The second kappa shape index (κ2) is 4.88. The molecule has 2 aromatic rings.